The number of nitrogens with two attached hydrogens (primary N) is 1. The summed E-state index contributed by atoms with van der Waals surface area (Å²) < 4.78 is 0. The number of thiazole rings is 1. The highest BCUT2D eigenvalue weighted by Crippen LogP contribution is 2.21. The van der Waals surface area contributed by atoms with Crippen molar-refractivity contribution >= 4 is 47.0 Å². The maximum atomic E-state index is 5.96. The lowest BCUT2D eigenvalue weighted by Gasteiger charge is -2.10. The lowest BCUT2D eigenvalue weighted by Crippen LogP contribution is -2.22. The van der Waals surface area contributed by atoms with Gasteiger partial charge in [0.1, 0.15) is 0 Å². The number of hydrogen-bond acceptors (Lipinski definition) is 3. The fraction of sp³-hybridized carbons (Fsp3) is 0.444. The average Bonchev–Trinajstić information content (AvgIpc) is 3.02. The molecule has 1 atom stereocenters. The van der Waals surface area contributed by atoms with Gasteiger partial charge in [-0.05, 0) is 30.0 Å². The molecule has 0 saturated carbocycles. The maximum absolute atomic E-state index is 5.96. The van der Waals surface area contributed by atoms with Crippen molar-refractivity contribution in [2.75, 3.05) is 5.32 Å². The number of hydrogen-bond donors (Lipinski definition) is 2. The number of benzene rings is 1. The summed E-state index contributed by atoms with van der Waals surface area (Å²) in [6.45, 7) is 9.23. The van der Waals surface area contributed by atoms with E-state index in [0.29, 0.717) is 24.3 Å². The van der Waals surface area contributed by atoms with E-state index in [1.807, 2.05) is 17.5 Å². The summed E-state index contributed by atoms with van der Waals surface area (Å²) in [5.41, 5.74) is 9.23. The Hall–Kier alpha value is -1.15. The molecular formula is C18H27IN4S. The topological polar surface area (TPSA) is 63.3 Å². The minimum Gasteiger partial charge on any atom is -0.370 e. The summed E-state index contributed by atoms with van der Waals surface area (Å²) in [5, 5.41) is 6.32. The summed E-state index contributed by atoms with van der Waals surface area (Å²) in [5.74, 6) is 1.45. The molecule has 6 heteroatoms. The predicted octanol–water partition coefficient (Wildman–Crippen LogP) is 5.32. The lowest BCUT2D eigenvalue weighted by atomic mass is 9.99. The van der Waals surface area contributed by atoms with Gasteiger partial charge in [-0.1, -0.05) is 39.8 Å². The Morgan fingerprint density at radius 1 is 1.25 bits per heavy atom. The smallest absolute Gasteiger partial charge is 0.193 e. The van der Waals surface area contributed by atoms with Gasteiger partial charge in [0.15, 0.2) is 5.96 Å². The van der Waals surface area contributed by atoms with E-state index in [1.54, 1.807) is 11.3 Å². The number of rotatable bonds is 6. The average molecular weight is 458 g/mol. The van der Waals surface area contributed by atoms with Gasteiger partial charge in [-0.2, -0.15) is 0 Å². The monoisotopic (exact) mass is 458 g/mol. The van der Waals surface area contributed by atoms with Crippen molar-refractivity contribution in [3.8, 4) is 0 Å². The van der Waals surface area contributed by atoms with Crippen LogP contribution in [0.5, 0.6) is 0 Å². The second-order valence-electron chi connectivity index (χ2n) is 6.09. The highest BCUT2D eigenvalue weighted by atomic mass is 127. The van der Waals surface area contributed by atoms with Gasteiger partial charge in [0.25, 0.3) is 0 Å². The Morgan fingerprint density at radius 3 is 2.46 bits per heavy atom. The molecule has 24 heavy (non-hydrogen) atoms. The number of nitrogens with zero attached hydrogens (tertiary/aromatic N) is 2. The van der Waals surface area contributed by atoms with E-state index < -0.39 is 0 Å². The van der Waals surface area contributed by atoms with E-state index >= 15 is 0 Å². The molecule has 2 rings (SSSR count). The first-order valence-corrected chi connectivity index (χ1v) is 8.98. The Morgan fingerprint density at radius 2 is 1.92 bits per heavy atom. The third kappa shape index (κ3) is 6.05. The largest absolute Gasteiger partial charge is 0.370 e. The van der Waals surface area contributed by atoms with Crippen molar-refractivity contribution in [3.63, 3.8) is 0 Å². The van der Waals surface area contributed by atoms with E-state index in [9.17, 15) is 0 Å². The second kappa shape index (κ2) is 9.98. The first-order valence-electron chi connectivity index (χ1n) is 8.10. The molecule has 2 aromatic rings. The van der Waals surface area contributed by atoms with Gasteiger partial charge in [0.2, 0.25) is 0 Å². The van der Waals surface area contributed by atoms with E-state index in [1.165, 1.54) is 5.56 Å². The molecule has 0 amide bonds. The van der Waals surface area contributed by atoms with Crippen LogP contribution in [0, 0.1) is 0 Å². The molecule has 0 aliphatic rings. The Labute approximate surface area is 166 Å². The third-order valence-corrected chi connectivity index (χ3v) is 5.03. The maximum Gasteiger partial charge on any atom is 0.193 e. The fourth-order valence-electron chi connectivity index (χ4n) is 2.14. The van der Waals surface area contributed by atoms with Crippen LogP contribution in [0.1, 0.15) is 62.2 Å². The number of guanidine groups is 1. The minimum atomic E-state index is 0. The summed E-state index contributed by atoms with van der Waals surface area (Å²) in [7, 11) is 0. The van der Waals surface area contributed by atoms with Crippen LogP contribution in [-0.4, -0.2) is 10.9 Å². The van der Waals surface area contributed by atoms with Crippen LogP contribution < -0.4 is 11.1 Å². The van der Waals surface area contributed by atoms with Gasteiger partial charge >= 0.3 is 0 Å². The van der Waals surface area contributed by atoms with Crippen LogP contribution in [0.2, 0.25) is 0 Å². The minimum absolute atomic E-state index is 0. The van der Waals surface area contributed by atoms with Gasteiger partial charge in [0, 0.05) is 17.0 Å². The molecule has 0 fully saturated rings. The molecule has 0 saturated heterocycles. The molecule has 1 unspecified atom stereocenters. The van der Waals surface area contributed by atoms with Gasteiger partial charge < -0.3 is 11.1 Å². The van der Waals surface area contributed by atoms with E-state index in [0.717, 1.165) is 22.8 Å². The van der Waals surface area contributed by atoms with Crippen molar-refractivity contribution in [2.45, 2.75) is 52.5 Å². The van der Waals surface area contributed by atoms with Crippen molar-refractivity contribution in [2.24, 2.45) is 10.7 Å². The normalized spacial score (nSPS) is 12.8. The molecule has 0 aliphatic carbocycles. The molecule has 1 heterocycles. The molecule has 0 bridgehead atoms. The quantitative estimate of drug-likeness (QED) is 0.350. The number of anilines is 1. The number of nitrogens with one attached hydrogen (secondary N) is 1. The Bertz CT molecular complexity index is 649. The highest BCUT2D eigenvalue weighted by Gasteiger charge is 2.06. The van der Waals surface area contributed by atoms with Crippen molar-refractivity contribution in [1.82, 2.24) is 4.98 Å². The summed E-state index contributed by atoms with van der Waals surface area (Å²) in [6.07, 6.45) is 1.14. The third-order valence-electron chi connectivity index (χ3n) is 3.84. The zero-order valence-electron chi connectivity index (χ0n) is 14.7. The van der Waals surface area contributed by atoms with E-state index in [-0.39, 0.29) is 24.0 Å². The predicted molar refractivity (Wildman–Crippen MR) is 116 cm³/mol. The summed E-state index contributed by atoms with van der Waals surface area (Å²) >= 11 is 1.68. The zero-order chi connectivity index (χ0) is 16.8. The first-order chi connectivity index (χ1) is 11.0. The second-order valence-corrected chi connectivity index (χ2v) is 6.98. The number of halogens is 1. The van der Waals surface area contributed by atoms with Crippen LogP contribution >= 0.6 is 35.3 Å². The molecule has 1 aromatic heterocycles. The molecular weight excluding hydrogens is 431 g/mol. The number of aromatic nitrogens is 1. The lowest BCUT2D eigenvalue weighted by molar-refractivity contribution is 0.734. The van der Waals surface area contributed by atoms with Crippen LogP contribution in [-0.2, 0) is 6.54 Å². The highest BCUT2D eigenvalue weighted by molar-refractivity contribution is 14.0. The molecule has 3 N–H and O–H groups in total. The summed E-state index contributed by atoms with van der Waals surface area (Å²) in [6, 6.07) is 8.37. The van der Waals surface area contributed by atoms with Gasteiger partial charge in [-0.15, -0.1) is 35.3 Å². The molecule has 0 spiro atoms. The van der Waals surface area contributed by atoms with E-state index in [2.05, 4.69) is 55.1 Å². The standard InChI is InChI=1S/C18H26N4S.HI/c1-5-13(4)14-6-8-15(9-7-14)22-18(19)20-10-16-11-23-17(21-16)12(2)3;/h6-9,11-13H,5,10H2,1-4H3,(H3,19,20,22);1H. The molecule has 0 aliphatic heterocycles. The number of aliphatic imine (C=N–C) groups is 1. The van der Waals surface area contributed by atoms with Gasteiger partial charge in [0.05, 0.1) is 17.2 Å². The van der Waals surface area contributed by atoms with E-state index in [4.69, 9.17) is 5.73 Å². The van der Waals surface area contributed by atoms with Gasteiger partial charge in [-0.3, -0.25) is 0 Å². The van der Waals surface area contributed by atoms with Crippen LogP contribution in [0.15, 0.2) is 34.6 Å². The Balaban J connectivity index is 0.00000288. The zero-order valence-corrected chi connectivity index (χ0v) is 17.9. The van der Waals surface area contributed by atoms with Crippen molar-refractivity contribution < 1.29 is 0 Å². The molecule has 1 aromatic carbocycles. The van der Waals surface area contributed by atoms with Crippen molar-refractivity contribution in [3.05, 3.63) is 45.9 Å². The van der Waals surface area contributed by atoms with Crippen molar-refractivity contribution in [1.29, 1.82) is 0 Å². The van der Waals surface area contributed by atoms with Crippen LogP contribution in [0.4, 0.5) is 5.69 Å². The van der Waals surface area contributed by atoms with Crippen LogP contribution in [0.3, 0.4) is 0 Å². The van der Waals surface area contributed by atoms with Gasteiger partial charge in [-0.25, -0.2) is 9.98 Å². The van der Waals surface area contributed by atoms with Crippen LogP contribution in [0.25, 0.3) is 0 Å². The molecule has 0 radical (unpaired) electrons. The first kappa shape index (κ1) is 20.9. The molecule has 4 nitrogen and oxygen atoms in total. The fourth-order valence-corrected chi connectivity index (χ4v) is 2.97. The summed E-state index contributed by atoms with van der Waals surface area (Å²) in [4.78, 5) is 8.92. The Kier molecular flexibility index (Phi) is 8.69. The SMILES string of the molecule is CCC(C)c1ccc(NC(N)=NCc2csc(C(C)C)n2)cc1.I. The molecule has 132 valence electrons.